The molecule has 0 saturated heterocycles. The van der Waals surface area contributed by atoms with Crippen LogP contribution in [0.2, 0.25) is 0 Å². The van der Waals surface area contributed by atoms with Gasteiger partial charge in [-0.15, -0.1) is 10.2 Å². The van der Waals surface area contributed by atoms with E-state index >= 15 is 0 Å². The van der Waals surface area contributed by atoms with E-state index < -0.39 is 5.97 Å². The molecule has 0 aliphatic rings. The Hall–Kier alpha value is -3.33. The molecule has 3 rings (SSSR count). The third-order valence-corrected chi connectivity index (χ3v) is 5.22. The number of benzene rings is 2. The van der Waals surface area contributed by atoms with Crippen LogP contribution >= 0.6 is 11.8 Å². The monoisotopic (exact) mass is 455 g/mol. The lowest BCUT2D eigenvalue weighted by Crippen LogP contribution is -2.15. The first-order valence-electron chi connectivity index (χ1n) is 10.1. The van der Waals surface area contributed by atoms with E-state index in [1.54, 1.807) is 38.1 Å². The van der Waals surface area contributed by atoms with Crippen LogP contribution in [-0.2, 0) is 16.1 Å². The number of ether oxygens (including phenoxy) is 2. The van der Waals surface area contributed by atoms with Gasteiger partial charge in [0.05, 0.1) is 17.4 Å². The summed E-state index contributed by atoms with van der Waals surface area (Å²) in [6.07, 6.45) is -0.220. The van der Waals surface area contributed by atoms with Gasteiger partial charge in [0.25, 0.3) is 11.1 Å². The number of amides is 1. The van der Waals surface area contributed by atoms with E-state index in [0.717, 1.165) is 28.6 Å². The highest BCUT2D eigenvalue weighted by molar-refractivity contribution is 7.99. The average Bonchev–Trinajstić information content (AvgIpc) is 3.21. The zero-order valence-electron chi connectivity index (χ0n) is 18.4. The van der Waals surface area contributed by atoms with Crippen LogP contribution in [0.5, 0.6) is 5.75 Å². The molecule has 0 atom stereocenters. The third kappa shape index (κ3) is 6.58. The Balaban J connectivity index is 1.49. The summed E-state index contributed by atoms with van der Waals surface area (Å²) >= 11 is 1.12. The van der Waals surface area contributed by atoms with Crippen molar-refractivity contribution in [3.05, 3.63) is 65.0 Å². The van der Waals surface area contributed by atoms with E-state index in [1.165, 1.54) is 0 Å². The number of hydrogen-bond donors (Lipinski definition) is 1. The van der Waals surface area contributed by atoms with E-state index in [4.69, 9.17) is 13.9 Å². The Labute approximate surface area is 190 Å². The highest BCUT2D eigenvalue weighted by Crippen LogP contribution is 2.22. The third-order valence-electron chi connectivity index (χ3n) is 4.41. The van der Waals surface area contributed by atoms with Gasteiger partial charge in [-0.05, 0) is 63.1 Å². The number of anilines is 1. The van der Waals surface area contributed by atoms with Crippen LogP contribution in [-0.4, -0.2) is 33.9 Å². The number of aromatic nitrogens is 2. The molecule has 32 heavy (non-hydrogen) atoms. The molecule has 0 unspecified atom stereocenters. The summed E-state index contributed by atoms with van der Waals surface area (Å²) in [6.45, 7) is 7.70. The minimum Gasteiger partial charge on any atom is -0.484 e. The summed E-state index contributed by atoms with van der Waals surface area (Å²) in [5, 5.41) is 10.9. The minimum atomic E-state index is -0.438. The van der Waals surface area contributed by atoms with Crippen molar-refractivity contribution in [2.24, 2.45) is 0 Å². The standard InChI is InChI=1S/C23H25N3O5S/c1-14(2)30-22(28)17-8-6-9-18(11-17)24-20(27)13-32-23-26-25-21(31-23)12-29-19-10-5-7-15(3)16(19)4/h5-11,14H,12-13H2,1-4H3,(H,24,27). The summed E-state index contributed by atoms with van der Waals surface area (Å²) in [5.74, 6) is 0.448. The molecule has 0 radical (unpaired) electrons. The Morgan fingerprint density at radius 1 is 1.12 bits per heavy atom. The fraction of sp³-hybridized carbons (Fsp3) is 0.304. The lowest BCUT2D eigenvalue weighted by molar-refractivity contribution is -0.113. The largest absolute Gasteiger partial charge is 0.484 e. The van der Waals surface area contributed by atoms with Crippen LogP contribution in [0.15, 0.2) is 52.1 Å². The summed E-state index contributed by atoms with van der Waals surface area (Å²) in [4.78, 5) is 24.3. The quantitative estimate of drug-likeness (QED) is 0.370. The number of carbonyl (C=O) groups is 2. The highest BCUT2D eigenvalue weighted by Gasteiger charge is 2.13. The number of aryl methyl sites for hydroxylation is 1. The topological polar surface area (TPSA) is 104 Å². The molecule has 168 valence electrons. The molecule has 8 nitrogen and oxygen atoms in total. The van der Waals surface area contributed by atoms with Crippen molar-refractivity contribution in [1.29, 1.82) is 0 Å². The maximum absolute atomic E-state index is 12.3. The van der Waals surface area contributed by atoms with Crippen molar-refractivity contribution in [2.75, 3.05) is 11.1 Å². The predicted octanol–water partition coefficient (Wildman–Crippen LogP) is 4.56. The fourth-order valence-corrected chi connectivity index (χ4v) is 3.29. The summed E-state index contributed by atoms with van der Waals surface area (Å²) in [6, 6.07) is 12.4. The van der Waals surface area contributed by atoms with Crippen LogP contribution in [0.3, 0.4) is 0 Å². The summed E-state index contributed by atoms with van der Waals surface area (Å²) in [5.41, 5.74) is 3.06. The molecule has 2 aromatic carbocycles. The molecule has 0 saturated carbocycles. The Kier molecular flexibility index (Phi) is 7.88. The van der Waals surface area contributed by atoms with Gasteiger partial charge in [-0.25, -0.2) is 4.79 Å². The number of esters is 1. The van der Waals surface area contributed by atoms with Crippen LogP contribution in [0.1, 0.15) is 41.2 Å². The molecule has 0 spiro atoms. The summed E-state index contributed by atoms with van der Waals surface area (Å²) in [7, 11) is 0. The second kappa shape index (κ2) is 10.8. The molecular weight excluding hydrogens is 430 g/mol. The van der Waals surface area contributed by atoms with Gasteiger partial charge in [-0.2, -0.15) is 0 Å². The lowest BCUT2D eigenvalue weighted by Gasteiger charge is -2.09. The van der Waals surface area contributed by atoms with E-state index in [1.807, 2.05) is 32.0 Å². The second-order valence-electron chi connectivity index (χ2n) is 7.32. The van der Waals surface area contributed by atoms with E-state index in [9.17, 15) is 9.59 Å². The Morgan fingerprint density at radius 3 is 2.69 bits per heavy atom. The SMILES string of the molecule is Cc1cccc(OCc2nnc(SCC(=O)Nc3cccc(C(=O)OC(C)C)c3)o2)c1C. The molecule has 9 heteroatoms. The van der Waals surface area contributed by atoms with Crippen molar-refractivity contribution < 1.29 is 23.5 Å². The van der Waals surface area contributed by atoms with E-state index in [2.05, 4.69) is 15.5 Å². The first kappa shape index (κ1) is 23.3. The van der Waals surface area contributed by atoms with Crippen LogP contribution < -0.4 is 10.1 Å². The van der Waals surface area contributed by atoms with Gasteiger partial charge >= 0.3 is 5.97 Å². The molecule has 1 heterocycles. The molecule has 1 aromatic heterocycles. The normalized spacial score (nSPS) is 10.8. The van der Waals surface area contributed by atoms with Crippen molar-refractivity contribution >= 4 is 29.3 Å². The number of hydrogen-bond acceptors (Lipinski definition) is 8. The average molecular weight is 456 g/mol. The van der Waals surface area contributed by atoms with Crippen LogP contribution in [0, 0.1) is 13.8 Å². The van der Waals surface area contributed by atoms with Crippen molar-refractivity contribution in [3.63, 3.8) is 0 Å². The zero-order valence-corrected chi connectivity index (χ0v) is 19.2. The minimum absolute atomic E-state index is 0.0696. The van der Waals surface area contributed by atoms with E-state index in [0.29, 0.717) is 17.1 Å². The molecule has 0 aliphatic carbocycles. The predicted molar refractivity (Wildman–Crippen MR) is 121 cm³/mol. The lowest BCUT2D eigenvalue weighted by atomic mass is 10.1. The van der Waals surface area contributed by atoms with Gasteiger partial charge in [0.2, 0.25) is 5.91 Å². The molecule has 1 N–H and O–H groups in total. The Morgan fingerprint density at radius 2 is 1.91 bits per heavy atom. The van der Waals surface area contributed by atoms with Crippen LogP contribution in [0.25, 0.3) is 0 Å². The Bertz CT molecular complexity index is 1100. The van der Waals surface area contributed by atoms with Gasteiger partial charge in [0.1, 0.15) is 5.75 Å². The molecule has 3 aromatic rings. The zero-order chi connectivity index (χ0) is 23.1. The maximum Gasteiger partial charge on any atom is 0.338 e. The first-order valence-corrected chi connectivity index (χ1v) is 11.1. The van der Waals surface area contributed by atoms with Gasteiger partial charge < -0.3 is 19.2 Å². The van der Waals surface area contributed by atoms with Crippen molar-refractivity contribution in [1.82, 2.24) is 10.2 Å². The fourth-order valence-electron chi connectivity index (χ4n) is 2.71. The van der Waals surface area contributed by atoms with Crippen molar-refractivity contribution in [2.45, 2.75) is 45.6 Å². The first-order chi connectivity index (χ1) is 15.3. The maximum atomic E-state index is 12.3. The smallest absolute Gasteiger partial charge is 0.338 e. The molecule has 0 aliphatic heterocycles. The molecule has 0 bridgehead atoms. The number of thioether (sulfide) groups is 1. The molecule has 0 fully saturated rings. The number of rotatable bonds is 9. The second-order valence-corrected chi connectivity index (χ2v) is 8.25. The highest BCUT2D eigenvalue weighted by atomic mass is 32.2. The summed E-state index contributed by atoms with van der Waals surface area (Å²) < 4.78 is 16.5. The van der Waals surface area contributed by atoms with E-state index in [-0.39, 0.29) is 29.6 Å². The van der Waals surface area contributed by atoms with Gasteiger partial charge in [0, 0.05) is 5.69 Å². The molecule has 1 amide bonds. The van der Waals surface area contributed by atoms with Crippen molar-refractivity contribution in [3.8, 4) is 5.75 Å². The molecular formula is C23H25N3O5S. The number of nitrogens with zero attached hydrogens (tertiary/aromatic N) is 2. The van der Waals surface area contributed by atoms with Gasteiger partial charge in [0.15, 0.2) is 6.61 Å². The number of nitrogens with one attached hydrogen (secondary N) is 1. The van der Waals surface area contributed by atoms with Crippen LogP contribution in [0.4, 0.5) is 5.69 Å². The number of carbonyl (C=O) groups excluding carboxylic acids is 2. The van der Waals surface area contributed by atoms with Gasteiger partial charge in [-0.3, -0.25) is 4.79 Å². The van der Waals surface area contributed by atoms with Gasteiger partial charge in [-0.1, -0.05) is 30.0 Å².